The number of rotatable bonds is 2. The molecule has 0 bridgehead atoms. The molecule has 0 radical (unpaired) electrons. The Balaban J connectivity index is 2.55. The van der Waals surface area contributed by atoms with Crippen LogP contribution in [0, 0.1) is 6.92 Å². The lowest BCUT2D eigenvalue weighted by Gasteiger charge is -2.37. The van der Waals surface area contributed by atoms with Gasteiger partial charge in [0.05, 0.1) is 0 Å². The first-order valence-corrected chi connectivity index (χ1v) is 5.22. The molecule has 1 aromatic rings. The summed E-state index contributed by atoms with van der Waals surface area (Å²) in [5.41, 5.74) is 0.452. The number of hydrogen-bond acceptors (Lipinski definition) is 4. The molecule has 1 aliphatic rings. The molecule has 2 N–H and O–H groups in total. The highest BCUT2D eigenvalue weighted by Crippen LogP contribution is 2.50. The lowest BCUT2D eigenvalue weighted by molar-refractivity contribution is 0.245. The first-order chi connectivity index (χ1) is 7.60. The van der Waals surface area contributed by atoms with Crippen molar-refractivity contribution in [3.8, 4) is 11.5 Å². The van der Waals surface area contributed by atoms with E-state index in [1.54, 1.807) is 25.1 Å². The smallest absolute Gasteiger partial charge is 0.235 e. The standard InChI is InChI=1S/C12H13NO3/c1-8-3-4-9(11(16)10(8)15)12(13-7-14)5-2-6-12/h3-4,15-16H,2,5-6H2,1H3. The van der Waals surface area contributed by atoms with Crippen molar-refractivity contribution in [1.29, 1.82) is 0 Å². The number of phenols is 2. The molecule has 1 aliphatic carbocycles. The molecule has 0 aliphatic heterocycles. The van der Waals surface area contributed by atoms with Crippen molar-refractivity contribution in [3.05, 3.63) is 23.3 Å². The van der Waals surface area contributed by atoms with Crippen LogP contribution >= 0.6 is 0 Å². The van der Waals surface area contributed by atoms with E-state index in [4.69, 9.17) is 0 Å². The van der Waals surface area contributed by atoms with Gasteiger partial charge in [-0.1, -0.05) is 12.1 Å². The number of isocyanates is 1. The van der Waals surface area contributed by atoms with Gasteiger partial charge in [0.2, 0.25) is 6.08 Å². The second kappa shape index (κ2) is 3.65. The van der Waals surface area contributed by atoms with Gasteiger partial charge in [-0.15, -0.1) is 0 Å². The fraction of sp³-hybridized carbons (Fsp3) is 0.417. The quantitative estimate of drug-likeness (QED) is 0.454. The maximum absolute atomic E-state index is 10.4. The highest BCUT2D eigenvalue weighted by molar-refractivity contribution is 5.54. The summed E-state index contributed by atoms with van der Waals surface area (Å²) in [7, 11) is 0. The average Bonchev–Trinajstić information content (AvgIpc) is 2.21. The Morgan fingerprint density at radius 3 is 2.50 bits per heavy atom. The Bertz CT molecular complexity index is 471. The fourth-order valence-corrected chi connectivity index (χ4v) is 2.10. The van der Waals surface area contributed by atoms with Crippen LogP contribution in [0.3, 0.4) is 0 Å². The maximum Gasteiger partial charge on any atom is 0.235 e. The molecule has 4 nitrogen and oxygen atoms in total. The third-order valence-electron chi connectivity index (χ3n) is 3.29. The second-order valence-electron chi connectivity index (χ2n) is 4.22. The van der Waals surface area contributed by atoms with E-state index in [9.17, 15) is 15.0 Å². The van der Waals surface area contributed by atoms with Gasteiger partial charge in [0.1, 0.15) is 5.54 Å². The van der Waals surface area contributed by atoms with Crippen molar-refractivity contribution in [2.75, 3.05) is 0 Å². The molecule has 4 heteroatoms. The summed E-state index contributed by atoms with van der Waals surface area (Å²) in [5, 5.41) is 19.5. The first kappa shape index (κ1) is 10.7. The van der Waals surface area contributed by atoms with Crippen LogP contribution < -0.4 is 0 Å². The number of aromatic hydroxyl groups is 2. The molecule has 0 atom stereocenters. The van der Waals surface area contributed by atoms with Crippen LogP contribution in [-0.4, -0.2) is 16.3 Å². The Kier molecular flexibility index (Phi) is 2.44. The van der Waals surface area contributed by atoms with E-state index in [1.807, 2.05) is 0 Å². The molecule has 1 aromatic carbocycles. The summed E-state index contributed by atoms with van der Waals surface area (Å²) in [5.74, 6) is -0.302. The molecule has 0 spiro atoms. The summed E-state index contributed by atoms with van der Waals surface area (Å²) in [6.45, 7) is 1.70. The predicted octanol–water partition coefficient (Wildman–Crippen LogP) is 2.12. The third-order valence-corrected chi connectivity index (χ3v) is 3.29. The van der Waals surface area contributed by atoms with E-state index in [-0.39, 0.29) is 11.5 Å². The van der Waals surface area contributed by atoms with Gasteiger partial charge in [0.25, 0.3) is 0 Å². The zero-order valence-corrected chi connectivity index (χ0v) is 9.03. The minimum Gasteiger partial charge on any atom is -0.504 e. The molecule has 2 rings (SSSR count). The van der Waals surface area contributed by atoms with E-state index in [1.165, 1.54) is 0 Å². The number of carbonyl (C=O) groups excluding carboxylic acids is 1. The summed E-state index contributed by atoms with van der Waals surface area (Å²) in [6.07, 6.45) is 3.92. The summed E-state index contributed by atoms with van der Waals surface area (Å²) >= 11 is 0. The van der Waals surface area contributed by atoms with Gasteiger partial charge in [0, 0.05) is 5.56 Å². The number of hydrogen-bond donors (Lipinski definition) is 2. The van der Waals surface area contributed by atoms with Crippen molar-refractivity contribution in [2.24, 2.45) is 4.99 Å². The molecule has 84 valence electrons. The topological polar surface area (TPSA) is 69.9 Å². The third kappa shape index (κ3) is 1.39. The van der Waals surface area contributed by atoms with Crippen LogP contribution in [0.15, 0.2) is 17.1 Å². The summed E-state index contributed by atoms with van der Waals surface area (Å²) in [4.78, 5) is 14.2. The van der Waals surface area contributed by atoms with Crippen LogP contribution in [0.2, 0.25) is 0 Å². The second-order valence-corrected chi connectivity index (χ2v) is 4.22. The minimum absolute atomic E-state index is 0.134. The zero-order chi connectivity index (χ0) is 11.8. The monoisotopic (exact) mass is 219 g/mol. The van der Waals surface area contributed by atoms with Crippen LogP contribution in [0.25, 0.3) is 0 Å². The van der Waals surface area contributed by atoms with Crippen molar-refractivity contribution >= 4 is 6.08 Å². The lowest BCUT2D eigenvalue weighted by atomic mass is 9.72. The van der Waals surface area contributed by atoms with E-state index >= 15 is 0 Å². The van der Waals surface area contributed by atoms with Crippen LogP contribution in [-0.2, 0) is 10.3 Å². The largest absolute Gasteiger partial charge is 0.504 e. The summed E-state index contributed by atoms with van der Waals surface area (Å²) < 4.78 is 0. The summed E-state index contributed by atoms with van der Waals surface area (Å²) in [6, 6.07) is 3.43. The van der Waals surface area contributed by atoms with E-state index in [2.05, 4.69) is 4.99 Å². The molecular formula is C12H13NO3. The maximum atomic E-state index is 10.4. The molecule has 0 saturated heterocycles. The Hall–Kier alpha value is -1.80. The van der Waals surface area contributed by atoms with Gasteiger partial charge in [-0.05, 0) is 31.7 Å². The number of nitrogens with zero attached hydrogens (tertiary/aromatic N) is 1. The molecular weight excluding hydrogens is 206 g/mol. The van der Waals surface area contributed by atoms with E-state index in [0.29, 0.717) is 24.0 Å². The van der Waals surface area contributed by atoms with Crippen molar-refractivity contribution in [2.45, 2.75) is 31.7 Å². The predicted molar refractivity (Wildman–Crippen MR) is 58.2 cm³/mol. The van der Waals surface area contributed by atoms with E-state index < -0.39 is 5.54 Å². The lowest BCUT2D eigenvalue weighted by Crippen LogP contribution is -2.31. The van der Waals surface area contributed by atoms with Crippen LogP contribution in [0.4, 0.5) is 0 Å². The van der Waals surface area contributed by atoms with Crippen molar-refractivity contribution < 1.29 is 15.0 Å². The number of aliphatic imine (C=N–C) groups is 1. The van der Waals surface area contributed by atoms with Gasteiger partial charge >= 0.3 is 0 Å². The van der Waals surface area contributed by atoms with Crippen molar-refractivity contribution in [3.63, 3.8) is 0 Å². The van der Waals surface area contributed by atoms with Gasteiger partial charge in [0.15, 0.2) is 11.5 Å². The molecule has 0 unspecified atom stereocenters. The molecule has 0 aromatic heterocycles. The molecule has 1 fully saturated rings. The van der Waals surface area contributed by atoms with Gasteiger partial charge < -0.3 is 10.2 Å². The van der Waals surface area contributed by atoms with Gasteiger partial charge in [-0.2, -0.15) is 4.99 Å². The van der Waals surface area contributed by atoms with Crippen LogP contribution in [0.5, 0.6) is 11.5 Å². The molecule has 0 amide bonds. The minimum atomic E-state index is -0.670. The Morgan fingerprint density at radius 2 is 2.00 bits per heavy atom. The number of aryl methyl sites for hydroxylation is 1. The van der Waals surface area contributed by atoms with Gasteiger partial charge in [-0.25, -0.2) is 4.79 Å². The first-order valence-electron chi connectivity index (χ1n) is 5.22. The van der Waals surface area contributed by atoms with E-state index in [0.717, 1.165) is 6.42 Å². The zero-order valence-electron chi connectivity index (χ0n) is 9.03. The average molecular weight is 219 g/mol. The SMILES string of the molecule is Cc1ccc(C2(N=C=O)CCC2)c(O)c1O. The number of benzene rings is 1. The Labute approximate surface area is 93.3 Å². The molecule has 1 saturated carbocycles. The Morgan fingerprint density at radius 1 is 1.31 bits per heavy atom. The fourth-order valence-electron chi connectivity index (χ4n) is 2.10. The highest BCUT2D eigenvalue weighted by Gasteiger charge is 2.41. The number of phenolic OH excluding ortho intramolecular Hbond substituents is 2. The van der Waals surface area contributed by atoms with Gasteiger partial charge in [-0.3, -0.25) is 0 Å². The molecule has 16 heavy (non-hydrogen) atoms. The van der Waals surface area contributed by atoms with Crippen molar-refractivity contribution in [1.82, 2.24) is 0 Å². The molecule has 0 heterocycles. The van der Waals surface area contributed by atoms with Crippen LogP contribution in [0.1, 0.15) is 30.4 Å². The normalized spacial score (nSPS) is 17.3. The highest BCUT2D eigenvalue weighted by atomic mass is 16.3.